The van der Waals surface area contributed by atoms with E-state index in [1.165, 1.54) is 26.4 Å². The van der Waals surface area contributed by atoms with Crippen LogP contribution in [-0.4, -0.2) is 44.2 Å². The molecule has 104 valence electrons. The van der Waals surface area contributed by atoms with Crippen molar-refractivity contribution in [1.82, 2.24) is 4.90 Å². The molecule has 0 aliphatic carbocycles. The molecule has 4 nitrogen and oxygen atoms in total. The molecular weight excluding hydrogens is 242 g/mol. The first-order valence-electron chi connectivity index (χ1n) is 6.84. The lowest BCUT2D eigenvalue weighted by atomic mass is 10.1. The van der Waals surface area contributed by atoms with Crippen LogP contribution in [0.4, 0.5) is 0 Å². The third kappa shape index (κ3) is 3.96. The Hall–Kier alpha value is -1.55. The molecule has 0 amide bonds. The molecule has 0 atom stereocenters. The van der Waals surface area contributed by atoms with E-state index < -0.39 is 0 Å². The topological polar surface area (TPSA) is 38.8 Å². The molecule has 0 N–H and O–H groups in total. The molecule has 0 bridgehead atoms. The average Bonchev–Trinajstić information content (AvgIpc) is 2.48. The van der Waals surface area contributed by atoms with Gasteiger partial charge in [-0.1, -0.05) is 18.6 Å². The van der Waals surface area contributed by atoms with Gasteiger partial charge < -0.3 is 9.47 Å². The highest BCUT2D eigenvalue weighted by atomic mass is 16.5. The molecule has 1 aromatic carbocycles. The summed E-state index contributed by atoms with van der Waals surface area (Å²) in [6.07, 6.45) is 3.89. The van der Waals surface area contributed by atoms with Crippen molar-refractivity contribution in [2.75, 3.05) is 33.4 Å². The molecule has 19 heavy (non-hydrogen) atoms. The zero-order chi connectivity index (χ0) is 13.5. The Morgan fingerprint density at radius 1 is 1.21 bits per heavy atom. The number of para-hydroxylation sites is 1. The fourth-order valence-corrected chi connectivity index (χ4v) is 2.34. The summed E-state index contributed by atoms with van der Waals surface area (Å²) in [6.45, 7) is 3.83. The number of hydrogen-bond acceptors (Lipinski definition) is 4. The van der Waals surface area contributed by atoms with Gasteiger partial charge in [-0.15, -0.1) is 0 Å². The quantitative estimate of drug-likeness (QED) is 0.764. The summed E-state index contributed by atoms with van der Waals surface area (Å²) >= 11 is 0. The van der Waals surface area contributed by atoms with Gasteiger partial charge >= 0.3 is 5.97 Å². The van der Waals surface area contributed by atoms with Gasteiger partial charge in [0.25, 0.3) is 0 Å². The van der Waals surface area contributed by atoms with Crippen molar-refractivity contribution in [3.8, 4) is 5.75 Å². The summed E-state index contributed by atoms with van der Waals surface area (Å²) in [4.78, 5) is 14.0. The monoisotopic (exact) mass is 263 g/mol. The molecule has 1 aromatic rings. The molecule has 0 saturated carbocycles. The molecule has 1 fully saturated rings. The van der Waals surface area contributed by atoms with Crippen molar-refractivity contribution >= 4 is 5.97 Å². The van der Waals surface area contributed by atoms with Crippen LogP contribution in [0.2, 0.25) is 0 Å². The maximum absolute atomic E-state index is 11.6. The Morgan fingerprint density at radius 2 is 1.95 bits per heavy atom. The van der Waals surface area contributed by atoms with Crippen LogP contribution in [0.3, 0.4) is 0 Å². The third-order valence-electron chi connectivity index (χ3n) is 3.41. The number of esters is 1. The standard InChI is InChI=1S/C15H21NO3/c1-18-15(17)13-7-3-4-8-14(13)19-12-11-16-9-5-2-6-10-16/h3-4,7-8H,2,5-6,9-12H2,1H3. The van der Waals surface area contributed by atoms with Gasteiger partial charge in [-0.05, 0) is 38.1 Å². The van der Waals surface area contributed by atoms with Crippen molar-refractivity contribution in [3.63, 3.8) is 0 Å². The molecule has 4 heteroatoms. The highest BCUT2D eigenvalue weighted by Gasteiger charge is 2.13. The molecule has 0 unspecified atom stereocenters. The normalized spacial score (nSPS) is 16.1. The number of piperidine rings is 1. The minimum absolute atomic E-state index is 0.353. The van der Waals surface area contributed by atoms with Gasteiger partial charge in [0.05, 0.1) is 7.11 Å². The summed E-state index contributed by atoms with van der Waals surface area (Å²) in [5, 5.41) is 0. The summed E-state index contributed by atoms with van der Waals surface area (Å²) in [6, 6.07) is 7.21. The number of methoxy groups -OCH3 is 1. The van der Waals surface area contributed by atoms with Crippen LogP contribution >= 0.6 is 0 Å². The van der Waals surface area contributed by atoms with Gasteiger partial charge in [-0.3, -0.25) is 4.90 Å². The Labute approximate surface area is 114 Å². The summed E-state index contributed by atoms with van der Waals surface area (Å²) in [5.41, 5.74) is 0.489. The van der Waals surface area contributed by atoms with Crippen molar-refractivity contribution in [3.05, 3.63) is 29.8 Å². The molecule has 0 radical (unpaired) electrons. The third-order valence-corrected chi connectivity index (χ3v) is 3.41. The molecule has 1 aliphatic heterocycles. The lowest BCUT2D eigenvalue weighted by Crippen LogP contribution is -2.33. The lowest BCUT2D eigenvalue weighted by molar-refractivity contribution is 0.0595. The number of hydrogen-bond donors (Lipinski definition) is 0. The van der Waals surface area contributed by atoms with E-state index in [-0.39, 0.29) is 5.97 Å². The van der Waals surface area contributed by atoms with Crippen LogP contribution in [0.1, 0.15) is 29.6 Å². The van der Waals surface area contributed by atoms with Crippen molar-refractivity contribution in [2.24, 2.45) is 0 Å². The van der Waals surface area contributed by atoms with Crippen LogP contribution in [-0.2, 0) is 4.74 Å². The second-order valence-electron chi connectivity index (χ2n) is 4.74. The molecule has 1 heterocycles. The van der Waals surface area contributed by atoms with Gasteiger partial charge in [0.15, 0.2) is 0 Å². The number of rotatable bonds is 5. The second kappa shape index (κ2) is 7.14. The molecule has 2 rings (SSSR count). The predicted octanol–water partition coefficient (Wildman–Crippen LogP) is 2.34. The number of likely N-dealkylation sites (tertiary alicyclic amines) is 1. The fraction of sp³-hybridized carbons (Fsp3) is 0.533. The van der Waals surface area contributed by atoms with E-state index >= 15 is 0 Å². The van der Waals surface area contributed by atoms with Gasteiger partial charge in [0.1, 0.15) is 17.9 Å². The van der Waals surface area contributed by atoms with E-state index in [0.717, 1.165) is 19.6 Å². The number of nitrogens with zero attached hydrogens (tertiary/aromatic N) is 1. The van der Waals surface area contributed by atoms with E-state index in [0.29, 0.717) is 17.9 Å². The first-order chi connectivity index (χ1) is 9.31. The Balaban J connectivity index is 1.86. The first-order valence-corrected chi connectivity index (χ1v) is 6.84. The zero-order valence-electron chi connectivity index (χ0n) is 11.4. The van der Waals surface area contributed by atoms with Gasteiger partial charge in [0.2, 0.25) is 0 Å². The van der Waals surface area contributed by atoms with Crippen molar-refractivity contribution in [1.29, 1.82) is 0 Å². The first kappa shape index (κ1) is 13.9. The van der Waals surface area contributed by atoms with Gasteiger partial charge in [-0.2, -0.15) is 0 Å². The van der Waals surface area contributed by atoms with E-state index in [9.17, 15) is 4.79 Å². The Morgan fingerprint density at radius 3 is 2.68 bits per heavy atom. The van der Waals surface area contributed by atoms with E-state index in [2.05, 4.69) is 4.90 Å². The maximum Gasteiger partial charge on any atom is 0.341 e. The van der Waals surface area contributed by atoms with Crippen LogP contribution in [0.5, 0.6) is 5.75 Å². The number of ether oxygens (including phenoxy) is 2. The predicted molar refractivity (Wildman–Crippen MR) is 73.6 cm³/mol. The Bertz CT molecular complexity index is 414. The van der Waals surface area contributed by atoms with Crippen molar-refractivity contribution < 1.29 is 14.3 Å². The summed E-state index contributed by atoms with van der Waals surface area (Å²) < 4.78 is 10.5. The SMILES string of the molecule is COC(=O)c1ccccc1OCCN1CCCCC1. The number of carbonyl (C=O) groups is 1. The highest BCUT2D eigenvalue weighted by molar-refractivity contribution is 5.92. The fourth-order valence-electron chi connectivity index (χ4n) is 2.34. The maximum atomic E-state index is 11.6. The Kier molecular flexibility index (Phi) is 5.21. The van der Waals surface area contributed by atoms with Gasteiger partial charge in [-0.25, -0.2) is 4.79 Å². The second-order valence-corrected chi connectivity index (χ2v) is 4.74. The molecule has 0 spiro atoms. The van der Waals surface area contributed by atoms with Crippen LogP contribution in [0.15, 0.2) is 24.3 Å². The zero-order valence-corrected chi connectivity index (χ0v) is 11.4. The molecule has 1 saturated heterocycles. The number of carbonyl (C=O) groups excluding carboxylic acids is 1. The largest absolute Gasteiger partial charge is 0.491 e. The minimum Gasteiger partial charge on any atom is -0.491 e. The molecular formula is C15H21NO3. The molecule has 1 aliphatic rings. The van der Waals surface area contributed by atoms with E-state index in [1.54, 1.807) is 6.07 Å². The van der Waals surface area contributed by atoms with Crippen LogP contribution in [0.25, 0.3) is 0 Å². The molecule has 0 aromatic heterocycles. The summed E-state index contributed by atoms with van der Waals surface area (Å²) in [7, 11) is 1.38. The number of benzene rings is 1. The highest BCUT2D eigenvalue weighted by Crippen LogP contribution is 2.19. The van der Waals surface area contributed by atoms with Gasteiger partial charge in [0, 0.05) is 6.54 Å². The van der Waals surface area contributed by atoms with Crippen LogP contribution < -0.4 is 4.74 Å². The lowest BCUT2D eigenvalue weighted by Gasteiger charge is -2.26. The average molecular weight is 263 g/mol. The van der Waals surface area contributed by atoms with E-state index in [1.807, 2.05) is 18.2 Å². The van der Waals surface area contributed by atoms with Crippen LogP contribution in [0, 0.1) is 0 Å². The smallest absolute Gasteiger partial charge is 0.341 e. The summed E-state index contributed by atoms with van der Waals surface area (Å²) in [5.74, 6) is 0.250. The minimum atomic E-state index is -0.353. The van der Waals surface area contributed by atoms with E-state index in [4.69, 9.17) is 9.47 Å². The van der Waals surface area contributed by atoms with Crippen molar-refractivity contribution in [2.45, 2.75) is 19.3 Å².